The number of hydrogen-bond donors (Lipinski definition) is 0. The minimum absolute atomic E-state index is 0. The molecule has 9 heteroatoms. The van der Waals surface area contributed by atoms with Crippen molar-refractivity contribution in [3.05, 3.63) is 87.6 Å². The van der Waals surface area contributed by atoms with Gasteiger partial charge in [-0.3, -0.25) is 0 Å². The third kappa shape index (κ3) is 5.32. The summed E-state index contributed by atoms with van der Waals surface area (Å²) in [5.74, 6) is -5.25. The van der Waals surface area contributed by atoms with E-state index in [4.69, 9.17) is 20.8 Å². The van der Waals surface area contributed by atoms with Crippen LogP contribution in [0.1, 0.15) is 27.4 Å². The maximum Gasteiger partial charge on any atom is 1.00 e. The van der Waals surface area contributed by atoms with E-state index in [2.05, 4.69) is 0 Å². The van der Waals surface area contributed by atoms with Gasteiger partial charge in [0.1, 0.15) is 29.8 Å². The summed E-state index contributed by atoms with van der Waals surface area (Å²) in [6.45, 7) is -0.217. The Labute approximate surface area is 185 Å². The summed E-state index contributed by atoms with van der Waals surface area (Å²) in [7, 11) is 0. The first-order valence-electron chi connectivity index (χ1n) is 7.68. The minimum atomic E-state index is -1.55. The van der Waals surface area contributed by atoms with Crippen LogP contribution in [-0.4, -0.2) is 5.97 Å². The largest absolute Gasteiger partial charge is 1.00 e. The van der Waals surface area contributed by atoms with Crippen molar-refractivity contribution in [1.29, 1.82) is 0 Å². The van der Waals surface area contributed by atoms with Gasteiger partial charge in [-0.05, 0) is 48.0 Å². The van der Waals surface area contributed by atoms with Crippen LogP contribution in [0.15, 0.2) is 46.9 Å². The maximum atomic E-state index is 13.3. The van der Waals surface area contributed by atoms with E-state index in [1.807, 2.05) is 0 Å². The summed E-state index contributed by atoms with van der Waals surface area (Å²) >= 11 is 5.98. The summed E-state index contributed by atoms with van der Waals surface area (Å²) in [5.41, 5.74) is 0.661. The first-order chi connectivity index (χ1) is 12.8. The van der Waals surface area contributed by atoms with Crippen molar-refractivity contribution in [3.8, 4) is 5.75 Å². The normalized spacial score (nSPS) is 10.4. The van der Waals surface area contributed by atoms with Gasteiger partial charge in [0.2, 0.25) is 0 Å². The fourth-order valence-corrected chi connectivity index (χ4v) is 2.64. The molecule has 0 aliphatic carbocycles. The number of carbonyl (C=O) groups excluding carboxylic acids is 1. The second kappa shape index (κ2) is 9.52. The fraction of sp³-hybridized carbons (Fsp3) is 0.105. The number of hydrogen-bond acceptors (Lipinski definition) is 4. The van der Waals surface area contributed by atoms with Crippen molar-refractivity contribution in [3.63, 3.8) is 0 Å². The SMILES string of the molecule is O=C([O-])c1ccc(Cc2cc(Cl)ccc2OCc2cc(F)c(F)c(F)c2)o1.[Na+]. The molecule has 0 unspecified atom stereocenters. The van der Waals surface area contributed by atoms with Crippen LogP contribution in [0.5, 0.6) is 5.75 Å². The molecule has 0 saturated carbocycles. The first-order valence-corrected chi connectivity index (χ1v) is 8.06. The van der Waals surface area contributed by atoms with Crippen LogP contribution in [-0.2, 0) is 13.0 Å². The molecular formula is C19H11ClF3NaO4. The summed E-state index contributed by atoms with van der Waals surface area (Å²) in [5, 5.41) is 11.2. The third-order valence-electron chi connectivity index (χ3n) is 3.69. The molecule has 0 radical (unpaired) electrons. The van der Waals surface area contributed by atoms with Gasteiger partial charge in [0.05, 0.1) is 0 Å². The molecule has 140 valence electrons. The van der Waals surface area contributed by atoms with E-state index in [9.17, 15) is 23.1 Å². The number of ether oxygens (including phenoxy) is 1. The Morgan fingerprint density at radius 1 is 1.07 bits per heavy atom. The van der Waals surface area contributed by atoms with E-state index in [1.54, 1.807) is 18.2 Å². The van der Waals surface area contributed by atoms with Crippen molar-refractivity contribution < 1.29 is 61.8 Å². The number of halogens is 4. The molecule has 1 heterocycles. The van der Waals surface area contributed by atoms with Gasteiger partial charge >= 0.3 is 29.6 Å². The van der Waals surface area contributed by atoms with Gasteiger partial charge in [-0.1, -0.05) is 11.6 Å². The number of furan rings is 1. The zero-order valence-electron chi connectivity index (χ0n) is 14.6. The van der Waals surface area contributed by atoms with Crippen LogP contribution >= 0.6 is 11.6 Å². The van der Waals surface area contributed by atoms with Gasteiger partial charge in [0.25, 0.3) is 0 Å². The second-order valence-corrected chi connectivity index (χ2v) is 6.08. The van der Waals surface area contributed by atoms with E-state index >= 15 is 0 Å². The summed E-state index contributed by atoms with van der Waals surface area (Å²) in [4.78, 5) is 10.8. The molecule has 28 heavy (non-hydrogen) atoms. The fourth-order valence-electron chi connectivity index (χ4n) is 2.45. The average Bonchev–Trinajstić information content (AvgIpc) is 3.08. The van der Waals surface area contributed by atoms with Gasteiger partial charge < -0.3 is 19.1 Å². The monoisotopic (exact) mass is 418 g/mol. The van der Waals surface area contributed by atoms with Crippen LogP contribution in [0.25, 0.3) is 0 Å². The van der Waals surface area contributed by atoms with E-state index in [0.29, 0.717) is 22.1 Å². The maximum absolute atomic E-state index is 13.3. The van der Waals surface area contributed by atoms with Crippen molar-refractivity contribution >= 4 is 17.6 Å². The van der Waals surface area contributed by atoms with E-state index in [-0.39, 0.29) is 53.9 Å². The Balaban J connectivity index is 0.00000280. The van der Waals surface area contributed by atoms with Crippen LogP contribution in [0.3, 0.4) is 0 Å². The number of aromatic carboxylic acids is 1. The van der Waals surface area contributed by atoms with Gasteiger partial charge in [-0.15, -0.1) is 0 Å². The molecule has 0 aliphatic heterocycles. The van der Waals surface area contributed by atoms with Crippen LogP contribution in [0.2, 0.25) is 5.02 Å². The van der Waals surface area contributed by atoms with E-state index < -0.39 is 23.4 Å². The topological polar surface area (TPSA) is 62.5 Å². The Kier molecular flexibility index (Phi) is 7.60. The molecule has 0 aliphatic rings. The van der Waals surface area contributed by atoms with E-state index in [1.165, 1.54) is 12.1 Å². The second-order valence-electron chi connectivity index (χ2n) is 5.64. The molecular weight excluding hydrogens is 408 g/mol. The first kappa shape index (κ1) is 22.4. The zero-order chi connectivity index (χ0) is 19.6. The molecule has 3 rings (SSSR count). The van der Waals surface area contributed by atoms with Crippen LogP contribution < -0.4 is 39.4 Å². The molecule has 0 atom stereocenters. The standard InChI is InChI=1S/C19H12ClF3O4.Na/c20-12-1-3-16(26-9-10-5-14(21)18(23)15(22)6-10)11(7-12)8-13-2-4-17(27-13)19(24)25;/h1-7H,8-9H2,(H,24,25);/q;+1/p-1. The summed E-state index contributed by atoms with van der Waals surface area (Å²) in [6, 6.07) is 9.11. The summed E-state index contributed by atoms with van der Waals surface area (Å²) < 4.78 is 50.3. The van der Waals surface area contributed by atoms with Gasteiger partial charge in [0.15, 0.2) is 17.5 Å². The summed E-state index contributed by atoms with van der Waals surface area (Å²) in [6.07, 6.45) is 0.162. The van der Waals surface area contributed by atoms with E-state index in [0.717, 1.165) is 12.1 Å². The molecule has 0 amide bonds. The Bertz CT molecular complexity index is 984. The molecule has 0 bridgehead atoms. The average molecular weight is 419 g/mol. The Morgan fingerprint density at radius 3 is 2.36 bits per heavy atom. The number of carboxylic acids is 1. The number of benzene rings is 2. The predicted octanol–water partition coefficient (Wildman–Crippen LogP) is 0.888. The molecule has 4 nitrogen and oxygen atoms in total. The molecule has 0 saturated heterocycles. The van der Waals surface area contributed by atoms with Crippen molar-refractivity contribution in [2.75, 3.05) is 0 Å². The van der Waals surface area contributed by atoms with Crippen molar-refractivity contribution in [2.24, 2.45) is 0 Å². The number of rotatable bonds is 6. The van der Waals surface area contributed by atoms with Crippen molar-refractivity contribution in [2.45, 2.75) is 13.0 Å². The smallest absolute Gasteiger partial charge is 0.542 e. The van der Waals surface area contributed by atoms with Gasteiger partial charge in [-0.25, -0.2) is 13.2 Å². The zero-order valence-corrected chi connectivity index (χ0v) is 17.4. The van der Waals surface area contributed by atoms with Gasteiger partial charge in [-0.2, -0.15) is 0 Å². The van der Waals surface area contributed by atoms with Crippen LogP contribution in [0.4, 0.5) is 13.2 Å². The molecule has 0 fully saturated rings. The Hall–Kier alpha value is -1.93. The van der Waals surface area contributed by atoms with Crippen LogP contribution in [0, 0.1) is 17.5 Å². The van der Waals surface area contributed by atoms with Crippen molar-refractivity contribution in [1.82, 2.24) is 0 Å². The predicted molar refractivity (Wildman–Crippen MR) is 87.9 cm³/mol. The molecule has 3 aromatic rings. The molecule has 0 N–H and O–H groups in total. The molecule has 2 aromatic carbocycles. The quantitative estimate of drug-likeness (QED) is 0.440. The number of carboxylic acid groups (broad SMARTS) is 1. The molecule has 1 aromatic heterocycles. The van der Waals surface area contributed by atoms with Gasteiger partial charge in [0, 0.05) is 17.0 Å². The third-order valence-corrected chi connectivity index (χ3v) is 3.92. The minimum Gasteiger partial charge on any atom is -0.542 e. The Morgan fingerprint density at radius 2 is 1.75 bits per heavy atom. The number of carbonyl (C=O) groups is 1. The molecule has 0 spiro atoms.